The Morgan fingerprint density at radius 1 is 1.30 bits per heavy atom. The van der Waals surface area contributed by atoms with E-state index in [-0.39, 0.29) is 19.0 Å². The molecule has 0 amide bonds. The van der Waals surface area contributed by atoms with Crippen LogP contribution in [0.4, 0.5) is 13.2 Å². The highest BCUT2D eigenvalue weighted by Crippen LogP contribution is 2.22. The number of alkyl halides is 3. The summed E-state index contributed by atoms with van der Waals surface area (Å²) in [7, 11) is -1.95. The van der Waals surface area contributed by atoms with Crippen molar-refractivity contribution < 1.29 is 21.6 Å². The van der Waals surface area contributed by atoms with Gasteiger partial charge in [-0.3, -0.25) is 0 Å². The Morgan fingerprint density at radius 2 is 2.00 bits per heavy atom. The number of likely N-dealkylation sites (N-methyl/N-ethyl adjacent to an activating group) is 1. The summed E-state index contributed by atoms with van der Waals surface area (Å²) >= 11 is 0. The van der Waals surface area contributed by atoms with E-state index in [1.807, 2.05) is 0 Å². The van der Waals surface area contributed by atoms with Crippen molar-refractivity contribution in [1.29, 1.82) is 0 Å². The van der Waals surface area contributed by atoms with E-state index in [0.29, 0.717) is 13.1 Å². The van der Waals surface area contributed by atoms with E-state index in [1.54, 1.807) is 7.05 Å². The highest BCUT2D eigenvalue weighted by Gasteiger charge is 2.32. The molecule has 0 bridgehead atoms. The fourth-order valence-corrected chi connectivity index (χ4v) is 3.81. The first-order chi connectivity index (χ1) is 9.26. The molecule has 0 aromatic heterocycles. The zero-order valence-corrected chi connectivity index (χ0v) is 12.4. The van der Waals surface area contributed by atoms with Gasteiger partial charge in [-0.15, -0.1) is 0 Å². The second-order valence-corrected chi connectivity index (χ2v) is 6.64. The first kappa shape index (κ1) is 17.7. The Labute approximate surface area is 118 Å². The van der Waals surface area contributed by atoms with Crippen LogP contribution in [0.25, 0.3) is 0 Å². The van der Waals surface area contributed by atoms with Crippen molar-refractivity contribution >= 4 is 10.2 Å². The lowest BCUT2D eigenvalue weighted by Crippen LogP contribution is -2.52. The molecule has 1 saturated heterocycles. The summed E-state index contributed by atoms with van der Waals surface area (Å²) in [5.74, 6) is 0. The average molecular weight is 317 g/mol. The minimum absolute atomic E-state index is 0.131. The van der Waals surface area contributed by atoms with Crippen LogP contribution in [0.5, 0.6) is 0 Å². The van der Waals surface area contributed by atoms with E-state index in [9.17, 15) is 21.6 Å². The van der Waals surface area contributed by atoms with Gasteiger partial charge in [0, 0.05) is 32.1 Å². The Morgan fingerprint density at radius 3 is 2.60 bits per heavy atom. The van der Waals surface area contributed by atoms with Gasteiger partial charge in [0.2, 0.25) is 0 Å². The van der Waals surface area contributed by atoms with Gasteiger partial charge in [0.05, 0.1) is 0 Å². The molecule has 1 heterocycles. The number of nitrogens with zero attached hydrogens (tertiary/aromatic N) is 1. The van der Waals surface area contributed by atoms with E-state index < -0.39 is 22.8 Å². The Balaban J connectivity index is 2.49. The van der Waals surface area contributed by atoms with Crippen LogP contribution >= 0.6 is 0 Å². The van der Waals surface area contributed by atoms with Gasteiger partial charge in [0.15, 0.2) is 0 Å². The number of hydrogen-bond donors (Lipinski definition) is 2. The van der Waals surface area contributed by atoms with Gasteiger partial charge in [-0.2, -0.15) is 25.9 Å². The molecule has 1 atom stereocenters. The van der Waals surface area contributed by atoms with Crippen LogP contribution in [0, 0.1) is 0 Å². The van der Waals surface area contributed by atoms with E-state index in [4.69, 9.17) is 0 Å². The minimum atomic E-state index is -4.24. The maximum absolute atomic E-state index is 12.1. The monoisotopic (exact) mass is 317 g/mol. The lowest BCUT2D eigenvalue weighted by atomic mass is 10.1. The topological polar surface area (TPSA) is 61.4 Å². The minimum Gasteiger partial charge on any atom is -0.318 e. The molecule has 0 radical (unpaired) electrons. The SMILES string of the molecule is CNCC1CCCCN1S(=O)(=O)NCCCC(F)(F)F. The number of rotatable bonds is 7. The maximum atomic E-state index is 12.1. The van der Waals surface area contributed by atoms with Crippen LogP contribution < -0.4 is 10.0 Å². The highest BCUT2D eigenvalue weighted by molar-refractivity contribution is 7.87. The van der Waals surface area contributed by atoms with Crippen LogP contribution in [0.1, 0.15) is 32.1 Å². The van der Waals surface area contributed by atoms with Gasteiger partial charge < -0.3 is 5.32 Å². The normalized spacial score (nSPS) is 22.1. The highest BCUT2D eigenvalue weighted by atomic mass is 32.2. The lowest BCUT2D eigenvalue weighted by molar-refractivity contribution is -0.135. The summed E-state index contributed by atoms with van der Waals surface area (Å²) in [6, 6.07) is -0.131. The Hall–Kier alpha value is -0.380. The van der Waals surface area contributed by atoms with E-state index in [2.05, 4.69) is 10.0 Å². The van der Waals surface area contributed by atoms with Crippen molar-refractivity contribution in [1.82, 2.24) is 14.3 Å². The molecule has 120 valence electrons. The lowest BCUT2D eigenvalue weighted by Gasteiger charge is -2.34. The molecule has 1 fully saturated rings. The predicted octanol–water partition coefficient (Wildman–Crippen LogP) is 1.24. The molecule has 0 aliphatic carbocycles. The van der Waals surface area contributed by atoms with Crippen molar-refractivity contribution in [2.24, 2.45) is 0 Å². The molecule has 9 heteroatoms. The summed E-state index contributed by atoms with van der Waals surface area (Å²) in [4.78, 5) is 0. The molecular weight excluding hydrogens is 295 g/mol. The van der Waals surface area contributed by atoms with Crippen LogP contribution in [-0.2, 0) is 10.2 Å². The fourth-order valence-electron chi connectivity index (χ4n) is 2.30. The molecule has 2 N–H and O–H groups in total. The zero-order chi connectivity index (χ0) is 15.2. The van der Waals surface area contributed by atoms with Crippen LogP contribution in [0.15, 0.2) is 0 Å². The van der Waals surface area contributed by atoms with Gasteiger partial charge in [-0.25, -0.2) is 4.72 Å². The third kappa shape index (κ3) is 5.94. The summed E-state index contributed by atoms with van der Waals surface area (Å²) in [6.07, 6.45) is -2.95. The number of piperidine rings is 1. The smallest absolute Gasteiger partial charge is 0.318 e. The third-order valence-electron chi connectivity index (χ3n) is 3.24. The van der Waals surface area contributed by atoms with Gasteiger partial charge in [-0.05, 0) is 26.3 Å². The van der Waals surface area contributed by atoms with Crippen molar-refractivity contribution in [2.45, 2.75) is 44.3 Å². The predicted molar refractivity (Wildman–Crippen MR) is 70.5 cm³/mol. The Bertz CT molecular complexity index is 385. The first-order valence-electron chi connectivity index (χ1n) is 6.74. The van der Waals surface area contributed by atoms with Crippen molar-refractivity contribution in [2.75, 3.05) is 26.7 Å². The molecule has 0 saturated carbocycles. The maximum Gasteiger partial charge on any atom is 0.389 e. The molecule has 1 aliphatic rings. The third-order valence-corrected chi connectivity index (χ3v) is 4.91. The molecule has 0 aromatic carbocycles. The first-order valence-corrected chi connectivity index (χ1v) is 8.18. The molecular formula is C11H22F3N3O2S. The van der Waals surface area contributed by atoms with E-state index in [0.717, 1.165) is 19.3 Å². The number of halogens is 3. The summed E-state index contributed by atoms with van der Waals surface area (Å²) < 4.78 is 63.8. The standard InChI is InChI=1S/C11H22F3N3O2S/c1-15-9-10-5-2-3-8-17(10)20(18,19)16-7-4-6-11(12,13)14/h10,15-16H,2-9H2,1H3. The molecule has 5 nitrogen and oxygen atoms in total. The van der Waals surface area contributed by atoms with Crippen LogP contribution in [0.3, 0.4) is 0 Å². The molecule has 20 heavy (non-hydrogen) atoms. The average Bonchev–Trinajstić information content (AvgIpc) is 2.35. The largest absolute Gasteiger partial charge is 0.389 e. The molecule has 0 spiro atoms. The fraction of sp³-hybridized carbons (Fsp3) is 1.00. The van der Waals surface area contributed by atoms with Gasteiger partial charge in [-0.1, -0.05) is 6.42 Å². The van der Waals surface area contributed by atoms with Crippen LogP contribution in [-0.4, -0.2) is 51.6 Å². The second kappa shape index (κ2) is 7.58. The van der Waals surface area contributed by atoms with Gasteiger partial charge >= 0.3 is 6.18 Å². The van der Waals surface area contributed by atoms with E-state index >= 15 is 0 Å². The van der Waals surface area contributed by atoms with Crippen LogP contribution in [0.2, 0.25) is 0 Å². The number of hydrogen-bond acceptors (Lipinski definition) is 3. The molecule has 1 unspecified atom stereocenters. The second-order valence-electron chi connectivity index (χ2n) is 4.94. The summed E-state index contributed by atoms with van der Waals surface area (Å²) in [5.41, 5.74) is 0. The quantitative estimate of drug-likeness (QED) is 0.695. The van der Waals surface area contributed by atoms with Gasteiger partial charge in [0.1, 0.15) is 0 Å². The molecule has 1 rings (SSSR count). The molecule has 1 aliphatic heterocycles. The van der Waals surface area contributed by atoms with E-state index in [1.165, 1.54) is 4.31 Å². The number of nitrogens with one attached hydrogen (secondary N) is 2. The van der Waals surface area contributed by atoms with Crippen molar-refractivity contribution in [3.05, 3.63) is 0 Å². The van der Waals surface area contributed by atoms with Gasteiger partial charge in [0.25, 0.3) is 10.2 Å². The van der Waals surface area contributed by atoms with Crippen molar-refractivity contribution in [3.8, 4) is 0 Å². The molecule has 0 aromatic rings. The summed E-state index contributed by atoms with van der Waals surface area (Å²) in [6.45, 7) is 0.773. The zero-order valence-electron chi connectivity index (χ0n) is 11.5. The van der Waals surface area contributed by atoms with Crippen molar-refractivity contribution in [3.63, 3.8) is 0 Å². The summed E-state index contributed by atoms with van der Waals surface area (Å²) in [5, 5.41) is 2.94. The Kier molecular flexibility index (Phi) is 6.70.